The van der Waals surface area contributed by atoms with Gasteiger partial charge < -0.3 is 14.6 Å². The van der Waals surface area contributed by atoms with Gasteiger partial charge in [0, 0.05) is 32.5 Å². The molecule has 176 valence electrons. The highest BCUT2D eigenvalue weighted by atomic mass is 16.5. The molecule has 0 saturated heterocycles. The molecule has 1 N–H and O–H groups in total. The summed E-state index contributed by atoms with van der Waals surface area (Å²) in [6.45, 7) is 18.9. The predicted molar refractivity (Wildman–Crippen MR) is 129 cm³/mol. The van der Waals surface area contributed by atoms with Crippen molar-refractivity contribution in [2.24, 2.45) is 10.8 Å². The Balaban J connectivity index is 0. The number of aliphatic hydroxyl groups excluding tert-OH is 1. The molecule has 1 aromatic heterocycles. The van der Waals surface area contributed by atoms with Crippen molar-refractivity contribution in [2.75, 3.05) is 14.2 Å². The second-order valence-electron chi connectivity index (χ2n) is 7.84. The molecule has 31 heavy (non-hydrogen) atoms. The molecule has 1 aliphatic carbocycles. The van der Waals surface area contributed by atoms with Gasteiger partial charge in [0.15, 0.2) is 11.4 Å². The summed E-state index contributed by atoms with van der Waals surface area (Å²) in [5.41, 5.74) is 0.850. The Morgan fingerprint density at radius 1 is 1.06 bits per heavy atom. The number of aromatic nitrogens is 1. The van der Waals surface area contributed by atoms with Gasteiger partial charge in [-0.15, -0.1) is 0 Å². The lowest BCUT2D eigenvalue weighted by Crippen LogP contribution is -2.39. The first kappa shape index (κ1) is 31.1. The van der Waals surface area contributed by atoms with E-state index in [4.69, 9.17) is 14.6 Å². The topological polar surface area (TPSA) is 75.4 Å². The van der Waals surface area contributed by atoms with Crippen LogP contribution in [0.1, 0.15) is 93.0 Å². The molecular formula is C26H44N2O3. The van der Waals surface area contributed by atoms with Gasteiger partial charge in [-0.2, -0.15) is 5.26 Å². The summed E-state index contributed by atoms with van der Waals surface area (Å²) in [5.74, 6) is 7.00. The number of nitrogens with zero attached hydrogens (tertiary/aromatic N) is 2. The zero-order valence-corrected chi connectivity index (χ0v) is 21.6. The lowest BCUT2D eigenvalue weighted by atomic mass is 9.67. The van der Waals surface area contributed by atoms with Gasteiger partial charge >= 0.3 is 0 Å². The molecule has 1 saturated carbocycles. The van der Waals surface area contributed by atoms with Crippen LogP contribution in [0.15, 0.2) is 12.1 Å². The van der Waals surface area contributed by atoms with E-state index in [0.717, 1.165) is 26.4 Å². The highest BCUT2D eigenvalue weighted by Gasteiger charge is 2.34. The SMILES string of the molecule is CC.CC.CCC(C)(C)C(C)(C)C#Cc1ccc(OC2CC(OC)C2)c(C#N)n1.CO. The van der Waals surface area contributed by atoms with Crippen LogP contribution in [0.25, 0.3) is 0 Å². The number of rotatable bonds is 5. The number of methoxy groups -OCH3 is 1. The second kappa shape index (κ2) is 15.7. The Morgan fingerprint density at radius 3 is 2.06 bits per heavy atom. The van der Waals surface area contributed by atoms with Crippen LogP contribution < -0.4 is 4.74 Å². The van der Waals surface area contributed by atoms with Crippen molar-refractivity contribution >= 4 is 0 Å². The number of pyridine rings is 1. The van der Waals surface area contributed by atoms with E-state index in [-0.39, 0.29) is 23.0 Å². The molecule has 1 aliphatic rings. The van der Waals surface area contributed by atoms with E-state index in [1.165, 1.54) is 0 Å². The summed E-state index contributed by atoms with van der Waals surface area (Å²) in [4.78, 5) is 4.36. The fraction of sp³-hybridized carbons (Fsp3) is 0.692. The van der Waals surface area contributed by atoms with Crippen LogP contribution in [0, 0.1) is 34.0 Å². The van der Waals surface area contributed by atoms with Crippen LogP contribution in [0.5, 0.6) is 5.75 Å². The van der Waals surface area contributed by atoms with Gasteiger partial charge in [-0.1, -0.05) is 54.4 Å². The number of ether oxygens (including phenoxy) is 2. The second-order valence-corrected chi connectivity index (χ2v) is 7.84. The van der Waals surface area contributed by atoms with Crippen molar-refractivity contribution in [1.29, 1.82) is 5.26 Å². The summed E-state index contributed by atoms with van der Waals surface area (Å²) in [7, 11) is 2.71. The first-order valence-electron chi connectivity index (χ1n) is 11.3. The molecule has 1 aromatic rings. The Kier molecular flexibility index (Phi) is 15.7. The molecule has 0 aliphatic heterocycles. The van der Waals surface area contributed by atoms with Crippen LogP contribution in [0.2, 0.25) is 0 Å². The minimum absolute atomic E-state index is 0.0973. The fourth-order valence-electron chi connectivity index (χ4n) is 2.51. The summed E-state index contributed by atoms with van der Waals surface area (Å²) in [5, 5.41) is 16.4. The van der Waals surface area contributed by atoms with Gasteiger partial charge in [-0.3, -0.25) is 0 Å². The van der Waals surface area contributed by atoms with Crippen molar-refractivity contribution in [3.8, 4) is 23.7 Å². The molecular weight excluding hydrogens is 388 g/mol. The van der Waals surface area contributed by atoms with Gasteiger partial charge in [0.1, 0.15) is 17.9 Å². The normalized spacial score (nSPS) is 16.7. The van der Waals surface area contributed by atoms with Crippen molar-refractivity contribution in [3.63, 3.8) is 0 Å². The van der Waals surface area contributed by atoms with Crippen molar-refractivity contribution in [3.05, 3.63) is 23.5 Å². The molecule has 0 atom stereocenters. The van der Waals surface area contributed by atoms with Crippen molar-refractivity contribution < 1.29 is 14.6 Å². The van der Waals surface area contributed by atoms with Crippen LogP contribution in [0.3, 0.4) is 0 Å². The minimum Gasteiger partial charge on any atom is -0.487 e. The van der Waals surface area contributed by atoms with Gasteiger partial charge in [-0.05, 0) is 43.7 Å². The predicted octanol–water partition coefficient (Wildman–Crippen LogP) is 5.98. The summed E-state index contributed by atoms with van der Waals surface area (Å²) in [6, 6.07) is 5.74. The number of hydrogen-bond donors (Lipinski definition) is 1. The van der Waals surface area contributed by atoms with Crippen LogP contribution >= 0.6 is 0 Å². The lowest BCUT2D eigenvalue weighted by Gasteiger charge is -2.36. The molecule has 5 nitrogen and oxygen atoms in total. The minimum atomic E-state index is -0.146. The van der Waals surface area contributed by atoms with E-state index in [1.807, 2.05) is 33.8 Å². The molecule has 0 aromatic carbocycles. The first-order chi connectivity index (χ1) is 14.7. The Hall–Kier alpha value is -2.08. The zero-order valence-electron chi connectivity index (χ0n) is 21.6. The standard InChI is InChI=1S/C21H28N2O2.2C2H6.CH4O/c1-7-20(2,3)21(4,5)11-10-15-8-9-19(18(14-22)23-15)25-17-12-16(13-17)24-6;3*1-2/h8-9,16-17H,7,12-13H2,1-6H3;2*1-2H3;2H,1H3. The smallest absolute Gasteiger partial charge is 0.183 e. The molecule has 5 heteroatoms. The van der Waals surface area contributed by atoms with E-state index in [2.05, 4.69) is 57.5 Å². The highest BCUT2D eigenvalue weighted by Crippen LogP contribution is 2.40. The van der Waals surface area contributed by atoms with Gasteiger partial charge in [0.05, 0.1) is 6.10 Å². The molecule has 1 fully saturated rings. The van der Waals surface area contributed by atoms with Gasteiger partial charge in [0.25, 0.3) is 0 Å². The van der Waals surface area contributed by atoms with Gasteiger partial charge in [-0.25, -0.2) is 4.98 Å². The molecule has 0 bridgehead atoms. The molecule has 0 unspecified atom stereocenters. The van der Waals surface area contributed by atoms with Crippen molar-refractivity contribution in [1.82, 2.24) is 4.98 Å². The third-order valence-corrected chi connectivity index (χ3v) is 5.72. The third kappa shape index (κ3) is 9.30. The number of hydrogen-bond acceptors (Lipinski definition) is 5. The van der Waals surface area contributed by atoms with E-state index in [0.29, 0.717) is 17.1 Å². The monoisotopic (exact) mass is 432 g/mol. The van der Waals surface area contributed by atoms with Crippen molar-refractivity contribution in [2.45, 2.75) is 93.8 Å². The van der Waals surface area contributed by atoms with Crippen LogP contribution in [-0.2, 0) is 4.74 Å². The quantitative estimate of drug-likeness (QED) is 0.579. The third-order valence-electron chi connectivity index (χ3n) is 5.72. The van der Waals surface area contributed by atoms with E-state index in [9.17, 15) is 5.26 Å². The average Bonchev–Trinajstić information content (AvgIpc) is 2.78. The molecule has 0 amide bonds. The largest absolute Gasteiger partial charge is 0.487 e. The van der Waals surface area contributed by atoms with Gasteiger partial charge in [0.2, 0.25) is 0 Å². The first-order valence-corrected chi connectivity index (χ1v) is 11.3. The number of aliphatic hydroxyl groups is 1. The van der Waals surface area contributed by atoms with E-state index in [1.54, 1.807) is 13.2 Å². The highest BCUT2D eigenvalue weighted by molar-refractivity contribution is 5.42. The Morgan fingerprint density at radius 2 is 1.61 bits per heavy atom. The number of nitriles is 1. The summed E-state index contributed by atoms with van der Waals surface area (Å²) < 4.78 is 11.1. The summed E-state index contributed by atoms with van der Waals surface area (Å²) >= 11 is 0. The molecule has 1 heterocycles. The van der Waals surface area contributed by atoms with E-state index < -0.39 is 0 Å². The summed E-state index contributed by atoms with van der Waals surface area (Å²) in [6.07, 6.45) is 3.10. The maximum Gasteiger partial charge on any atom is 0.183 e. The van der Waals surface area contributed by atoms with E-state index >= 15 is 0 Å². The maximum absolute atomic E-state index is 9.37. The Bertz CT molecular complexity index is 718. The zero-order chi connectivity index (χ0) is 24.7. The Labute approximate surface area is 191 Å². The molecule has 0 spiro atoms. The maximum atomic E-state index is 9.37. The fourth-order valence-corrected chi connectivity index (χ4v) is 2.51. The molecule has 0 radical (unpaired) electrons. The van der Waals surface area contributed by atoms with Crippen LogP contribution in [0.4, 0.5) is 0 Å². The lowest BCUT2D eigenvalue weighted by molar-refractivity contribution is -0.0383. The van der Waals surface area contributed by atoms with Crippen LogP contribution in [-0.4, -0.2) is 36.5 Å². The average molecular weight is 433 g/mol. The molecule has 2 rings (SSSR count).